The fourth-order valence-electron chi connectivity index (χ4n) is 2.00. The molecule has 0 fully saturated rings. The van der Waals surface area contributed by atoms with Crippen LogP contribution in [0.1, 0.15) is 11.8 Å². The maximum Gasteiger partial charge on any atom is 0.236 e. The number of benzene rings is 1. The molecule has 5 heteroatoms. The highest BCUT2D eigenvalue weighted by molar-refractivity contribution is 8.00. The molecule has 22 heavy (non-hydrogen) atoms. The molecule has 0 N–H and O–H groups in total. The van der Waals surface area contributed by atoms with E-state index in [1.54, 1.807) is 29.2 Å². The number of hydrogen-bond acceptors (Lipinski definition) is 3. The van der Waals surface area contributed by atoms with Crippen molar-refractivity contribution in [3.63, 3.8) is 0 Å². The Bertz CT molecular complexity index is 610. The first kappa shape index (κ1) is 17.1. The highest BCUT2D eigenvalue weighted by Gasteiger charge is 2.21. The lowest BCUT2D eigenvalue weighted by molar-refractivity contribution is -0.130. The second kappa shape index (κ2) is 8.42. The lowest BCUT2D eigenvalue weighted by Crippen LogP contribution is -2.36. The lowest BCUT2D eigenvalue weighted by atomic mass is 10.3. The van der Waals surface area contributed by atoms with Gasteiger partial charge in [-0.05, 0) is 42.6 Å². The van der Waals surface area contributed by atoms with E-state index in [-0.39, 0.29) is 11.2 Å². The van der Waals surface area contributed by atoms with E-state index in [1.165, 1.54) is 4.88 Å². The molecule has 0 aliphatic carbocycles. The molecule has 1 unspecified atom stereocenters. The molecule has 0 bridgehead atoms. The van der Waals surface area contributed by atoms with Crippen molar-refractivity contribution in [3.8, 4) is 0 Å². The van der Waals surface area contributed by atoms with Crippen molar-refractivity contribution in [2.75, 3.05) is 6.54 Å². The second-order valence-electron chi connectivity index (χ2n) is 4.80. The van der Waals surface area contributed by atoms with E-state index in [4.69, 9.17) is 11.6 Å². The van der Waals surface area contributed by atoms with Crippen LogP contribution in [0.4, 0.5) is 0 Å². The molecule has 0 radical (unpaired) electrons. The summed E-state index contributed by atoms with van der Waals surface area (Å²) in [7, 11) is 0. The quantitative estimate of drug-likeness (QED) is 0.511. The molecule has 0 aliphatic rings. The van der Waals surface area contributed by atoms with Gasteiger partial charge in [0.25, 0.3) is 0 Å². The Kier molecular flexibility index (Phi) is 6.55. The van der Waals surface area contributed by atoms with Crippen molar-refractivity contribution < 1.29 is 4.79 Å². The number of nitrogens with zero attached hydrogens (tertiary/aromatic N) is 1. The van der Waals surface area contributed by atoms with Gasteiger partial charge in [-0.2, -0.15) is 0 Å². The molecule has 0 saturated heterocycles. The Morgan fingerprint density at radius 3 is 2.73 bits per heavy atom. The zero-order valence-corrected chi connectivity index (χ0v) is 14.8. The Balaban J connectivity index is 2.01. The Labute approximate surface area is 144 Å². The maximum absolute atomic E-state index is 12.7. The van der Waals surface area contributed by atoms with E-state index in [1.807, 2.05) is 53.6 Å². The van der Waals surface area contributed by atoms with Gasteiger partial charge in [-0.1, -0.05) is 23.7 Å². The van der Waals surface area contributed by atoms with Gasteiger partial charge in [-0.3, -0.25) is 4.79 Å². The molecule has 1 amide bonds. The molecule has 1 aromatic heterocycles. The number of carbonyl (C=O) groups excluding carboxylic acids is 1. The van der Waals surface area contributed by atoms with Crippen LogP contribution in [0.5, 0.6) is 0 Å². The van der Waals surface area contributed by atoms with Gasteiger partial charge in [0.15, 0.2) is 0 Å². The van der Waals surface area contributed by atoms with Gasteiger partial charge in [-0.15, -0.1) is 29.7 Å². The Morgan fingerprint density at radius 2 is 2.14 bits per heavy atom. The molecule has 1 heterocycles. The van der Waals surface area contributed by atoms with Gasteiger partial charge in [0.2, 0.25) is 5.91 Å². The minimum Gasteiger partial charge on any atom is -0.333 e. The Hall–Kier alpha value is -1.23. The summed E-state index contributed by atoms with van der Waals surface area (Å²) in [5.74, 6) is 0.119. The highest BCUT2D eigenvalue weighted by atomic mass is 35.5. The topological polar surface area (TPSA) is 20.3 Å². The summed E-state index contributed by atoms with van der Waals surface area (Å²) in [5, 5.41) is 2.58. The third kappa shape index (κ3) is 4.90. The SMILES string of the molecule is C=CCN(Cc1cccs1)C(=O)C(C)Sc1ccc(Cl)cc1. The second-order valence-corrected chi connectivity index (χ2v) is 7.68. The summed E-state index contributed by atoms with van der Waals surface area (Å²) in [6.45, 7) is 6.88. The fourth-order valence-corrected chi connectivity index (χ4v) is 3.80. The largest absolute Gasteiger partial charge is 0.333 e. The van der Waals surface area contributed by atoms with Crippen molar-refractivity contribution in [3.05, 3.63) is 64.3 Å². The number of carbonyl (C=O) groups is 1. The van der Waals surface area contributed by atoms with Crippen LogP contribution in [0, 0.1) is 0 Å². The van der Waals surface area contributed by atoms with Gasteiger partial charge in [0.05, 0.1) is 11.8 Å². The zero-order chi connectivity index (χ0) is 15.9. The first-order valence-electron chi connectivity index (χ1n) is 6.94. The third-order valence-electron chi connectivity index (χ3n) is 3.06. The molecule has 2 nitrogen and oxygen atoms in total. The van der Waals surface area contributed by atoms with Crippen LogP contribution in [-0.2, 0) is 11.3 Å². The molecule has 2 aromatic rings. The summed E-state index contributed by atoms with van der Waals surface area (Å²) < 4.78 is 0. The van der Waals surface area contributed by atoms with Crippen LogP contribution < -0.4 is 0 Å². The average molecular weight is 352 g/mol. The number of rotatable bonds is 7. The summed E-state index contributed by atoms with van der Waals surface area (Å²) in [5.41, 5.74) is 0. The van der Waals surface area contributed by atoms with Gasteiger partial charge < -0.3 is 4.90 Å². The van der Waals surface area contributed by atoms with Crippen LogP contribution >= 0.6 is 34.7 Å². The molecule has 116 valence electrons. The van der Waals surface area contributed by atoms with E-state index in [0.29, 0.717) is 18.1 Å². The molecular weight excluding hydrogens is 334 g/mol. The van der Waals surface area contributed by atoms with E-state index in [9.17, 15) is 4.79 Å². The summed E-state index contributed by atoms with van der Waals surface area (Å²) in [6, 6.07) is 11.6. The van der Waals surface area contributed by atoms with Crippen LogP contribution in [0.2, 0.25) is 5.02 Å². The molecule has 0 spiro atoms. The van der Waals surface area contributed by atoms with E-state index in [0.717, 1.165) is 4.90 Å². The molecular formula is C17H18ClNOS2. The van der Waals surface area contributed by atoms with Crippen LogP contribution in [-0.4, -0.2) is 22.6 Å². The number of amides is 1. The molecule has 1 aromatic carbocycles. The van der Waals surface area contributed by atoms with Gasteiger partial charge in [-0.25, -0.2) is 0 Å². The normalized spacial score (nSPS) is 11.9. The average Bonchev–Trinajstić information content (AvgIpc) is 3.01. The summed E-state index contributed by atoms with van der Waals surface area (Å²) in [6.07, 6.45) is 1.77. The van der Waals surface area contributed by atoms with Crippen molar-refractivity contribution in [1.82, 2.24) is 4.90 Å². The van der Waals surface area contributed by atoms with Crippen molar-refractivity contribution in [1.29, 1.82) is 0 Å². The van der Waals surface area contributed by atoms with Gasteiger partial charge in [0.1, 0.15) is 0 Å². The minimum atomic E-state index is -0.152. The van der Waals surface area contributed by atoms with Gasteiger partial charge in [0, 0.05) is 21.3 Å². The van der Waals surface area contributed by atoms with Crippen molar-refractivity contribution >= 4 is 40.6 Å². The fraction of sp³-hybridized carbons (Fsp3) is 0.235. The smallest absolute Gasteiger partial charge is 0.236 e. The third-order valence-corrected chi connectivity index (χ3v) is 5.27. The number of hydrogen-bond donors (Lipinski definition) is 0. The molecule has 1 atom stereocenters. The number of halogens is 1. The first-order valence-corrected chi connectivity index (χ1v) is 9.08. The zero-order valence-electron chi connectivity index (χ0n) is 12.4. The minimum absolute atomic E-state index is 0.119. The standard InChI is InChI=1S/C17H18ClNOS2/c1-3-10-19(12-16-5-4-11-21-16)17(20)13(2)22-15-8-6-14(18)7-9-15/h3-9,11,13H,1,10,12H2,2H3. The highest BCUT2D eigenvalue weighted by Crippen LogP contribution is 2.26. The summed E-state index contributed by atoms with van der Waals surface area (Å²) >= 11 is 9.10. The monoisotopic (exact) mass is 351 g/mol. The summed E-state index contributed by atoms with van der Waals surface area (Å²) in [4.78, 5) is 16.7. The lowest BCUT2D eigenvalue weighted by Gasteiger charge is -2.24. The van der Waals surface area contributed by atoms with Gasteiger partial charge >= 0.3 is 0 Å². The molecule has 0 aliphatic heterocycles. The predicted octanol–water partition coefficient (Wildman–Crippen LogP) is 5.10. The van der Waals surface area contributed by atoms with Crippen LogP contribution in [0.25, 0.3) is 0 Å². The maximum atomic E-state index is 12.7. The number of thiophene rings is 1. The van der Waals surface area contributed by atoms with Crippen molar-refractivity contribution in [2.24, 2.45) is 0 Å². The van der Waals surface area contributed by atoms with E-state index < -0.39 is 0 Å². The molecule has 0 saturated carbocycles. The molecule has 2 rings (SSSR count). The van der Waals surface area contributed by atoms with E-state index in [2.05, 4.69) is 6.58 Å². The van der Waals surface area contributed by atoms with Crippen LogP contribution in [0.15, 0.2) is 59.3 Å². The predicted molar refractivity (Wildman–Crippen MR) is 96.7 cm³/mol. The van der Waals surface area contributed by atoms with Crippen molar-refractivity contribution in [2.45, 2.75) is 23.6 Å². The Morgan fingerprint density at radius 1 is 1.41 bits per heavy atom. The number of thioether (sulfide) groups is 1. The van der Waals surface area contributed by atoms with E-state index >= 15 is 0 Å². The first-order chi connectivity index (χ1) is 10.6. The van der Waals surface area contributed by atoms with Crippen LogP contribution in [0.3, 0.4) is 0 Å².